The van der Waals surface area contributed by atoms with Gasteiger partial charge in [-0.15, -0.1) is 0 Å². The fourth-order valence-electron chi connectivity index (χ4n) is 2.85. The van der Waals surface area contributed by atoms with Crippen LogP contribution in [0.4, 0.5) is 5.69 Å². The molecule has 7 heteroatoms. The summed E-state index contributed by atoms with van der Waals surface area (Å²) in [5.74, 6) is 0. The molecule has 25 heavy (non-hydrogen) atoms. The highest BCUT2D eigenvalue weighted by Gasteiger charge is 2.29. The zero-order valence-corrected chi connectivity index (χ0v) is 15.1. The van der Waals surface area contributed by atoms with E-state index in [1.807, 2.05) is 30.4 Å². The van der Waals surface area contributed by atoms with Gasteiger partial charge in [0, 0.05) is 17.0 Å². The van der Waals surface area contributed by atoms with Crippen molar-refractivity contribution >= 4 is 19.4 Å². The van der Waals surface area contributed by atoms with Gasteiger partial charge in [-0.2, -0.15) is 0 Å². The van der Waals surface area contributed by atoms with Crippen molar-refractivity contribution in [1.29, 1.82) is 0 Å². The van der Waals surface area contributed by atoms with Crippen LogP contribution in [-0.2, 0) is 18.3 Å². The van der Waals surface area contributed by atoms with E-state index in [1.54, 1.807) is 32.1 Å². The number of benzene rings is 1. The first-order valence-corrected chi connectivity index (χ1v) is 9.97. The molecule has 0 saturated heterocycles. The second kappa shape index (κ2) is 7.68. The van der Waals surface area contributed by atoms with Gasteiger partial charge >= 0.3 is 7.60 Å². The molecule has 3 rings (SSSR count). The normalized spacial score (nSPS) is 19.2. The summed E-state index contributed by atoms with van der Waals surface area (Å²) in [6.45, 7) is 4.05. The Morgan fingerprint density at radius 3 is 2.64 bits per heavy atom. The summed E-state index contributed by atoms with van der Waals surface area (Å²) in [6, 6.07) is 7.37. The van der Waals surface area contributed by atoms with Gasteiger partial charge in [-0.3, -0.25) is 4.57 Å². The minimum Gasteiger partial charge on any atom is -0.754 e. The number of rotatable bonds is 7. The molecule has 0 N–H and O–H groups in total. The molecule has 0 fully saturated rings. The van der Waals surface area contributed by atoms with E-state index >= 15 is 0 Å². The maximum atomic E-state index is 12.6. The monoisotopic (exact) mass is 362 g/mol. The van der Waals surface area contributed by atoms with E-state index in [-0.39, 0.29) is 19.6 Å². The van der Waals surface area contributed by atoms with Crippen molar-refractivity contribution < 1.29 is 18.3 Å². The zero-order valence-electron chi connectivity index (χ0n) is 14.3. The first-order valence-electron chi connectivity index (χ1n) is 8.24. The molecule has 0 aromatic heterocycles. The van der Waals surface area contributed by atoms with Crippen LogP contribution < -0.4 is 5.06 Å². The van der Waals surface area contributed by atoms with Crippen molar-refractivity contribution in [2.45, 2.75) is 20.0 Å². The molecule has 0 saturated carbocycles. The largest absolute Gasteiger partial charge is 0.754 e. The number of hydroxylamine groups is 1. The number of allylic oxidation sites excluding steroid dienone is 2. The van der Waals surface area contributed by atoms with Crippen molar-refractivity contribution in [1.82, 2.24) is 0 Å². The van der Waals surface area contributed by atoms with E-state index in [9.17, 15) is 9.77 Å². The minimum atomic E-state index is -3.31. The average molecular weight is 362 g/mol. The summed E-state index contributed by atoms with van der Waals surface area (Å²) in [4.78, 5) is 0. The van der Waals surface area contributed by atoms with Crippen molar-refractivity contribution in [3.63, 3.8) is 0 Å². The number of nitrogens with zero attached hydrogens (tertiary/aromatic N) is 1. The summed E-state index contributed by atoms with van der Waals surface area (Å²) in [5.41, 5.74) is 2.68. The molecular weight excluding hydrogens is 341 g/mol. The quantitative estimate of drug-likeness (QED) is 0.668. The highest BCUT2D eigenvalue weighted by atomic mass is 31.2. The molecule has 0 amide bonds. The van der Waals surface area contributed by atoms with Crippen LogP contribution in [0.3, 0.4) is 0 Å². The standard InChI is InChI=1S/C18H21NO5P/c1-3-23-25(21,24-4-2)13-22-18-11-7-10-17-15(18)12-14-8-5-6-9-16(14)19(17)20/h5-12,18H,3-4,13H2,1-2H3/q-1. The number of anilines is 1. The third kappa shape index (κ3) is 3.78. The summed E-state index contributed by atoms with van der Waals surface area (Å²) in [7, 11) is -3.31. The van der Waals surface area contributed by atoms with Gasteiger partial charge in [0.1, 0.15) is 12.5 Å². The van der Waals surface area contributed by atoms with E-state index in [0.717, 1.165) is 16.2 Å². The minimum absolute atomic E-state index is 0.172. The molecule has 2 aliphatic rings. The van der Waals surface area contributed by atoms with Gasteiger partial charge in [0.05, 0.1) is 13.2 Å². The molecular formula is C18H21NO5P-. The summed E-state index contributed by atoms with van der Waals surface area (Å²) in [6.07, 6.45) is 6.60. The number of ether oxygens (including phenoxy) is 1. The second-order valence-corrected chi connectivity index (χ2v) is 7.55. The second-order valence-electron chi connectivity index (χ2n) is 5.55. The number of hydrogen-bond donors (Lipinski definition) is 0. The van der Waals surface area contributed by atoms with Crippen LogP contribution in [0, 0.1) is 5.21 Å². The summed E-state index contributed by atoms with van der Waals surface area (Å²) >= 11 is 0. The lowest BCUT2D eigenvalue weighted by atomic mass is 9.93. The maximum absolute atomic E-state index is 12.6. The van der Waals surface area contributed by atoms with Gasteiger partial charge < -0.3 is 24.1 Å². The first-order chi connectivity index (χ1) is 12.1. The van der Waals surface area contributed by atoms with Crippen LogP contribution >= 0.6 is 7.60 Å². The summed E-state index contributed by atoms with van der Waals surface area (Å²) in [5, 5.41) is 13.5. The van der Waals surface area contributed by atoms with Crippen molar-refractivity contribution in [2.75, 3.05) is 24.6 Å². The lowest BCUT2D eigenvalue weighted by Crippen LogP contribution is -2.28. The smallest absolute Gasteiger partial charge is 0.356 e. The summed E-state index contributed by atoms with van der Waals surface area (Å²) < 4.78 is 28.9. The van der Waals surface area contributed by atoms with Gasteiger partial charge in [0.25, 0.3) is 0 Å². The molecule has 6 nitrogen and oxygen atoms in total. The Balaban J connectivity index is 1.82. The van der Waals surface area contributed by atoms with Gasteiger partial charge in [-0.05, 0) is 37.6 Å². The molecule has 1 aliphatic heterocycles. The molecule has 0 radical (unpaired) electrons. The highest BCUT2D eigenvalue weighted by molar-refractivity contribution is 7.53. The highest BCUT2D eigenvalue weighted by Crippen LogP contribution is 2.49. The predicted molar refractivity (Wildman–Crippen MR) is 98.1 cm³/mol. The van der Waals surface area contributed by atoms with E-state index in [1.165, 1.54) is 0 Å². The molecule has 1 aromatic carbocycles. The van der Waals surface area contributed by atoms with Crippen LogP contribution in [-0.4, -0.2) is 25.7 Å². The van der Waals surface area contributed by atoms with E-state index in [0.29, 0.717) is 11.4 Å². The van der Waals surface area contributed by atoms with Crippen LogP contribution in [0.2, 0.25) is 0 Å². The molecule has 1 aromatic rings. The van der Waals surface area contributed by atoms with Gasteiger partial charge in [0.2, 0.25) is 0 Å². The fourth-order valence-corrected chi connectivity index (χ4v) is 4.20. The van der Waals surface area contributed by atoms with Gasteiger partial charge in [-0.25, -0.2) is 0 Å². The van der Waals surface area contributed by atoms with Crippen LogP contribution in [0.25, 0.3) is 6.08 Å². The molecule has 1 heterocycles. The number of hydrogen-bond acceptors (Lipinski definition) is 6. The van der Waals surface area contributed by atoms with Crippen molar-refractivity contribution in [2.24, 2.45) is 0 Å². The Morgan fingerprint density at radius 1 is 1.20 bits per heavy atom. The Labute approximate surface area is 147 Å². The Morgan fingerprint density at radius 2 is 1.92 bits per heavy atom. The fraction of sp³-hybridized carbons (Fsp3) is 0.333. The third-order valence-corrected chi connectivity index (χ3v) is 5.66. The first kappa shape index (κ1) is 18.1. The maximum Gasteiger partial charge on any atom is 0.356 e. The van der Waals surface area contributed by atoms with Gasteiger partial charge in [0.15, 0.2) is 0 Å². The van der Waals surface area contributed by atoms with Gasteiger partial charge in [-0.1, -0.05) is 30.4 Å². The predicted octanol–water partition coefficient (Wildman–Crippen LogP) is 4.45. The van der Waals surface area contributed by atoms with E-state index in [4.69, 9.17) is 13.8 Å². The Kier molecular flexibility index (Phi) is 5.57. The molecule has 0 bridgehead atoms. The lowest BCUT2D eigenvalue weighted by molar-refractivity contribution is 0.114. The molecule has 1 aliphatic carbocycles. The molecule has 1 unspecified atom stereocenters. The van der Waals surface area contributed by atoms with Crippen LogP contribution in [0.1, 0.15) is 19.4 Å². The van der Waals surface area contributed by atoms with Crippen LogP contribution in [0.15, 0.2) is 53.8 Å². The van der Waals surface area contributed by atoms with Crippen molar-refractivity contribution in [3.05, 3.63) is 64.5 Å². The number of para-hydroxylation sites is 1. The number of fused-ring (bicyclic) bond motifs is 2. The van der Waals surface area contributed by atoms with E-state index in [2.05, 4.69) is 0 Å². The molecule has 0 spiro atoms. The SMILES string of the molecule is CCOP(=O)(COC1C=CC=C2C1=Cc1ccccc1N2[O-])OCC. The third-order valence-electron chi connectivity index (χ3n) is 3.89. The Hall–Kier alpha value is -1.69. The van der Waals surface area contributed by atoms with E-state index < -0.39 is 13.7 Å². The topological polar surface area (TPSA) is 71.1 Å². The average Bonchev–Trinajstić information content (AvgIpc) is 2.61. The van der Waals surface area contributed by atoms with Crippen LogP contribution in [0.5, 0.6) is 0 Å². The van der Waals surface area contributed by atoms with Crippen molar-refractivity contribution in [3.8, 4) is 0 Å². The molecule has 1 atom stereocenters. The lowest BCUT2D eigenvalue weighted by Gasteiger charge is -2.41. The Bertz CT molecular complexity index is 760. The zero-order chi connectivity index (χ0) is 17.9. The molecule has 134 valence electrons.